The van der Waals surface area contributed by atoms with E-state index in [-0.39, 0.29) is 23.9 Å². The van der Waals surface area contributed by atoms with E-state index in [0.717, 1.165) is 81.4 Å². The van der Waals surface area contributed by atoms with Gasteiger partial charge in [0.2, 0.25) is 5.91 Å². The minimum atomic E-state index is -0.0930. The fourth-order valence-electron chi connectivity index (χ4n) is 5.03. The smallest absolute Gasteiger partial charge is 0.253 e. The number of amides is 2. The standard InChI is InChI=1S/C25H33N7O2/c1-17(2)28-24(33)19-6-7-22(26-15-19)31-11-9-30(10-12-31)16-18-13-20-23(27-14-18)32-8-4-3-5-21(32)25(34)29-20/h6-7,13-15,17,21H,3-5,8-12,16H2,1-2H3,(H,28,33)(H,29,34). The van der Waals surface area contributed by atoms with Gasteiger partial charge in [-0.05, 0) is 56.9 Å². The van der Waals surface area contributed by atoms with Crippen molar-refractivity contribution in [3.8, 4) is 0 Å². The molecule has 1 atom stereocenters. The van der Waals surface area contributed by atoms with Gasteiger partial charge in [-0.1, -0.05) is 0 Å². The second-order valence-corrected chi connectivity index (χ2v) is 9.71. The van der Waals surface area contributed by atoms with E-state index in [1.807, 2.05) is 32.2 Å². The van der Waals surface area contributed by atoms with Crippen LogP contribution in [0.1, 0.15) is 49.0 Å². The summed E-state index contributed by atoms with van der Waals surface area (Å²) in [5.41, 5.74) is 2.53. The number of hydrogen-bond donors (Lipinski definition) is 2. The molecule has 5 heterocycles. The molecular formula is C25H33N7O2. The maximum absolute atomic E-state index is 12.5. The number of carbonyl (C=O) groups excluding carboxylic acids is 2. The van der Waals surface area contributed by atoms with E-state index < -0.39 is 0 Å². The zero-order valence-electron chi connectivity index (χ0n) is 20.0. The van der Waals surface area contributed by atoms with Crippen molar-refractivity contribution < 1.29 is 9.59 Å². The zero-order valence-corrected chi connectivity index (χ0v) is 20.0. The summed E-state index contributed by atoms with van der Waals surface area (Å²) in [5, 5.41) is 5.97. The number of nitrogens with zero attached hydrogens (tertiary/aromatic N) is 5. The molecule has 5 rings (SSSR count). The Morgan fingerprint density at radius 1 is 1.12 bits per heavy atom. The van der Waals surface area contributed by atoms with Crippen LogP contribution in [0.3, 0.4) is 0 Å². The highest BCUT2D eigenvalue weighted by Gasteiger charge is 2.35. The van der Waals surface area contributed by atoms with Crippen LogP contribution in [0.2, 0.25) is 0 Å². The van der Waals surface area contributed by atoms with Crippen molar-refractivity contribution in [2.75, 3.05) is 47.8 Å². The van der Waals surface area contributed by atoms with E-state index in [9.17, 15) is 9.59 Å². The number of hydrogen-bond acceptors (Lipinski definition) is 7. The van der Waals surface area contributed by atoms with Crippen molar-refractivity contribution in [1.82, 2.24) is 20.2 Å². The molecule has 34 heavy (non-hydrogen) atoms. The predicted molar refractivity (Wildman–Crippen MR) is 132 cm³/mol. The van der Waals surface area contributed by atoms with E-state index in [1.54, 1.807) is 6.20 Å². The summed E-state index contributed by atoms with van der Waals surface area (Å²) in [5.74, 6) is 1.81. The van der Waals surface area contributed by atoms with Gasteiger partial charge in [0.05, 0.1) is 11.3 Å². The van der Waals surface area contributed by atoms with E-state index >= 15 is 0 Å². The molecule has 2 amide bonds. The number of piperidine rings is 1. The fraction of sp³-hybridized carbons (Fsp3) is 0.520. The van der Waals surface area contributed by atoms with Gasteiger partial charge in [-0.3, -0.25) is 14.5 Å². The van der Waals surface area contributed by atoms with Crippen LogP contribution in [0, 0.1) is 0 Å². The molecule has 2 N–H and O–H groups in total. The normalized spacial score (nSPS) is 20.6. The maximum Gasteiger partial charge on any atom is 0.253 e. The third-order valence-corrected chi connectivity index (χ3v) is 6.79. The Balaban J connectivity index is 1.17. The average Bonchev–Trinajstić information content (AvgIpc) is 2.84. The molecule has 2 aromatic rings. The minimum Gasteiger partial charge on any atom is -0.354 e. The van der Waals surface area contributed by atoms with Gasteiger partial charge < -0.3 is 20.4 Å². The van der Waals surface area contributed by atoms with Gasteiger partial charge in [0.15, 0.2) is 5.82 Å². The van der Waals surface area contributed by atoms with Gasteiger partial charge in [-0.15, -0.1) is 0 Å². The lowest BCUT2D eigenvalue weighted by Gasteiger charge is -2.40. The number of fused-ring (bicyclic) bond motifs is 3. The van der Waals surface area contributed by atoms with Crippen LogP contribution in [-0.4, -0.2) is 71.5 Å². The first kappa shape index (κ1) is 22.6. The van der Waals surface area contributed by atoms with Crippen LogP contribution >= 0.6 is 0 Å². The Bertz CT molecular complexity index is 1050. The van der Waals surface area contributed by atoms with E-state index in [1.165, 1.54) is 0 Å². The van der Waals surface area contributed by atoms with Crippen LogP contribution in [-0.2, 0) is 11.3 Å². The lowest BCUT2D eigenvalue weighted by atomic mass is 9.99. The average molecular weight is 464 g/mol. The summed E-state index contributed by atoms with van der Waals surface area (Å²) < 4.78 is 0. The molecule has 0 bridgehead atoms. The molecule has 0 radical (unpaired) electrons. The summed E-state index contributed by atoms with van der Waals surface area (Å²) in [6, 6.07) is 5.88. The number of nitrogens with one attached hydrogen (secondary N) is 2. The van der Waals surface area contributed by atoms with Gasteiger partial charge in [0, 0.05) is 57.7 Å². The van der Waals surface area contributed by atoms with Crippen LogP contribution in [0.25, 0.3) is 0 Å². The zero-order chi connectivity index (χ0) is 23.7. The van der Waals surface area contributed by atoms with E-state index in [0.29, 0.717) is 5.56 Å². The van der Waals surface area contributed by atoms with Gasteiger partial charge >= 0.3 is 0 Å². The summed E-state index contributed by atoms with van der Waals surface area (Å²) >= 11 is 0. The van der Waals surface area contributed by atoms with Crippen molar-refractivity contribution in [1.29, 1.82) is 0 Å². The third-order valence-electron chi connectivity index (χ3n) is 6.79. The molecule has 2 saturated heterocycles. The summed E-state index contributed by atoms with van der Waals surface area (Å²) in [6.45, 7) is 9.15. The molecule has 9 nitrogen and oxygen atoms in total. The Kier molecular flexibility index (Phi) is 6.36. The second kappa shape index (κ2) is 9.58. The van der Waals surface area contributed by atoms with E-state index in [4.69, 9.17) is 4.98 Å². The van der Waals surface area contributed by atoms with Gasteiger partial charge in [0.1, 0.15) is 11.9 Å². The Labute approximate surface area is 200 Å². The molecule has 2 fully saturated rings. The molecule has 0 aliphatic carbocycles. The lowest BCUT2D eigenvalue weighted by molar-refractivity contribution is -0.118. The number of piperazine rings is 1. The molecule has 3 aliphatic rings. The molecule has 0 saturated carbocycles. The summed E-state index contributed by atoms with van der Waals surface area (Å²) in [6.07, 6.45) is 6.72. The fourth-order valence-corrected chi connectivity index (χ4v) is 5.03. The topological polar surface area (TPSA) is 93.7 Å². The largest absolute Gasteiger partial charge is 0.354 e. The first-order chi connectivity index (χ1) is 16.5. The highest BCUT2D eigenvalue weighted by atomic mass is 16.2. The molecule has 0 aromatic carbocycles. The first-order valence-corrected chi connectivity index (χ1v) is 12.3. The Morgan fingerprint density at radius 3 is 2.68 bits per heavy atom. The van der Waals surface area contributed by atoms with Crippen molar-refractivity contribution in [3.05, 3.63) is 41.7 Å². The summed E-state index contributed by atoms with van der Waals surface area (Å²) in [7, 11) is 0. The van der Waals surface area contributed by atoms with Crippen molar-refractivity contribution in [2.45, 2.75) is 51.7 Å². The molecule has 9 heteroatoms. The van der Waals surface area contributed by atoms with Crippen LogP contribution in [0.4, 0.5) is 17.3 Å². The quantitative estimate of drug-likeness (QED) is 0.702. The molecule has 0 spiro atoms. The molecule has 2 aromatic heterocycles. The van der Waals surface area contributed by atoms with E-state index in [2.05, 4.69) is 36.4 Å². The number of aromatic nitrogens is 2. The van der Waals surface area contributed by atoms with Gasteiger partial charge in [-0.25, -0.2) is 9.97 Å². The number of rotatable bonds is 5. The monoisotopic (exact) mass is 463 g/mol. The summed E-state index contributed by atoms with van der Waals surface area (Å²) in [4.78, 5) is 40.8. The third kappa shape index (κ3) is 4.70. The van der Waals surface area contributed by atoms with Gasteiger partial charge in [0.25, 0.3) is 5.91 Å². The Morgan fingerprint density at radius 2 is 1.94 bits per heavy atom. The maximum atomic E-state index is 12.5. The highest BCUT2D eigenvalue weighted by molar-refractivity contribution is 6.03. The minimum absolute atomic E-state index is 0.0695. The number of pyridine rings is 2. The molecule has 3 aliphatic heterocycles. The van der Waals surface area contributed by atoms with Crippen molar-refractivity contribution in [3.63, 3.8) is 0 Å². The highest BCUT2D eigenvalue weighted by Crippen LogP contribution is 2.34. The van der Waals surface area contributed by atoms with Crippen molar-refractivity contribution >= 4 is 29.1 Å². The molecule has 180 valence electrons. The Hall–Kier alpha value is -3.20. The molecule has 1 unspecified atom stereocenters. The number of carbonyl (C=O) groups is 2. The first-order valence-electron chi connectivity index (χ1n) is 12.3. The lowest BCUT2D eigenvalue weighted by Crippen LogP contribution is -2.51. The SMILES string of the molecule is CC(C)NC(=O)c1ccc(N2CCN(Cc3cnc4c(c3)NC(=O)C3CCCCN43)CC2)nc1. The van der Waals surface area contributed by atoms with Crippen LogP contribution in [0.5, 0.6) is 0 Å². The van der Waals surface area contributed by atoms with Crippen LogP contribution in [0.15, 0.2) is 30.6 Å². The second-order valence-electron chi connectivity index (χ2n) is 9.71. The number of anilines is 3. The predicted octanol–water partition coefficient (Wildman–Crippen LogP) is 2.25. The van der Waals surface area contributed by atoms with Gasteiger partial charge in [-0.2, -0.15) is 0 Å². The molecular weight excluding hydrogens is 430 g/mol. The van der Waals surface area contributed by atoms with Crippen LogP contribution < -0.4 is 20.4 Å². The van der Waals surface area contributed by atoms with Crippen molar-refractivity contribution in [2.24, 2.45) is 0 Å².